The first-order valence-corrected chi connectivity index (χ1v) is 11.2. The van der Waals surface area contributed by atoms with Gasteiger partial charge in [0.25, 0.3) is 5.91 Å². The van der Waals surface area contributed by atoms with Gasteiger partial charge in [-0.25, -0.2) is 4.98 Å². The van der Waals surface area contributed by atoms with E-state index in [1.165, 1.54) is 4.63 Å². The van der Waals surface area contributed by atoms with E-state index in [1.54, 1.807) is 19.1 Å². The molecule has 8 nitrogen and oxygen atoms in total. The fraction of sp³-hybridized carbons (Fsp3) is 0.333. The molecule has 1 fully saturated rings. The summed E-state index contributed by atoms with van der Waals surface area (Å²) < 4.78 is 7.80. The van der Waals surface area contributed by atoms with Crippen LogP contribution in [0.1, 0.15) is 47.2 Å². The molecule has 0 bridgehead atoms. The second-order valence-corrected chi connectivity index (χ2v) is 9.11. The van der Waals surface area contributed by atoms with Gasteiger partial charge < -0.3 is 10.1 Å². The maximum absolute atomic E-state index is 13.3. The number of halogens is 1. The molecule has 1 amide bonds. The SMILES string of the molecule is CCC1(Oc2ccc(C)cc2C)C(=O)NC12C=C(C(=O)c1nc3c(Cl)c(C)[nH]n3n1)C=CC2. The lowest BCUT2D eigenvalue weighted by atomic mass is 9.65. The monoisotopic (exact) mass is 465 g/mol. The van der Waals surface area contributed by atoms with Crippen LogP contribution in [0, 0.1) is 20.8 Å². The molecule has 1 aliphatic heterocycles. The second kappa shape index (κ2) is 7.31. The van der Waals surface area contributed by atoms with Crippen LogP contribution in [0.3, 0.4) is 0 Å². The average Bonchev–Trinajstić information content (AvgIpc) is 3.31. The molecule has 0 radical (unpaired) electrons. The third kappa shape index (κ3) is 3.04. The van der Waals surface area contributed by atoms with Crippen molar-refractivity contribution in [1.82, 2.24) is 25.1 Å². The Labute approximate surface area is 195 Å². The van der Waals surface area contributed by atoms with Crippen molar-refractivity contribution in [3.63, 3.8) is 0 Å². The summed E-state index contributed by atoms with van der Waals surface area (Å²) in [5.41, 5.74) is 1.60. The normalized spacial score (nSPS) is 24.0. The highest BCUT2D eigenvalue weighted by Gasteiger charge is 2.66. The average molecular weight is 466 g/mol. The molecule has 33 heavy (non-hydrogen) atoms. The Hall–Kier alpha value is -3.39. The number of carbonyl (C=O) groups is 2. The molecule has 1 aromatic carbocycles. The lowest BCUT2D eigenvalue weighted by Crippen LogP contribution is -2.82. The van der Waals surface area contributed by atoms with Gasteiger partial charge in [-0.1, -0.05) is 48.4 Å². The van der Waals surface area contributed by atoms with Gasteiger partial charge in [0.2, 0.25) is 17.2 Å². The van der Waals surface area contributed by atoms with Crippen molar-refractivity contribution in [3.05, 3.63) is 69.7 Å². The number of fused-ring (bicyclic) bond motifs is 1. The van der Waals surface area contributed by atoms with Gasteiger partial charge in [-0.3, -0.25) is 14.7 Å². The molecule has 5 rings (SSSR count). The van der Waals surface area contributed by atoms with Crippen molar-refractivity contribution in [3.8, 4) is 5.75 Å². The number of allylic oxidation sites excluding steroid dienone is 2. The number of Topliss-reactive ketones (excluding diaryl/α,β-unsaturated/α-hetero) is 1. The summed E-state index contributed by atoms with van der Waals surface area (Å²) in [6.45, 7) is 7.69. The van der Waals surface area contributed by atoms with E-state index in [4.69, 9.17) is 16.3 Å². The quantitative estimate of drug-likeness (QED) is 0.441. The molecule has 2 N–H and O–H groups in total. The van der Waals surface area contributed by atoms with E-state index in [2.05, 4.69) is 20.5 Å². The van der Waals surface area contributed by atoms with E-state index in [9.17, 15) is 9.59 Å². The zero-order valence-corrected chi connectivity index (χ0v) is 19.6. The van der Waals surface area contributed by atoms with Crippen LogP contribution in [0.25, 0.3) is 5.65 Å². The standard InChI is InChI=1S/C24H24ClN5O3/c1-5-24(33-17-9-8-13(2)11-14(17)3)22(32)27-23(24)10-6-7-16(12-23)19(31)20-26-21-18(25)15(4)28-30(21)29-20/h6-9,11-12,28H,5,10H2,1-4H3,(H,27,32). The van der Waals surface area contributed by atoms with Gasteiger partial charge in [0.05, 0.1) is 5.69 Å². The lowest BCUT2D eigenvalue weighted by Gasteiger charge is -2.56. The van der Waals surface area contributed by atoms with E-state index in [1.807, 2.05) is 45.0 Å². The molecular formula is C24H24ClN5O3. The molecule has 170 valence electrons. The largest absolute Gasteiger partial charge is 0.474 e. The van der Waals surface area contributed by atoms with Gasteiger partial charge in [-0.05, 0) is 51.3 Å². The highest BCUT2D eigenvalue weighted by molar-refractivity contribution is 6.34. The smallest absolute Gasteiger partial charge is 0.267 e. The Kier molecular flexibility index (Phi) is 4.75. The molecule has 2 aromatic heterocycles. The minimum Gasteiger partial charge on any atom is -0.474 e. The van der Waals surface area contributed by atoms with Crippen LogP contribution < -0.4 is 10.1 Å². The third-order valence-corrected chi connectivity index (χ3v) is 7.00. The number of aryl methyl sites for hydroxylation is 3. The molecule has 3 aromatic rings. The van der Waals surface area contributed by atoms with Crippen LogP contribution in [0.4, 0.5) is 0 Å². The minimum absolute atomic E-state index is 0.0270. The predicted octanol–water partition coefficient (Wildman–Crippen LogP) is 3.80. The van der Waals surface area contributed by atoms with Crippen molar-refractivity contribution < 1.29 is 14.3 Å². The van der Waals surface area contributed by atoms with Crippen molar-refractivity contribution in [2.75, 3.05) is 0 Å². The van der Waals surface area contributed by atoms with Crippen molar-refractivity contribution in [2.45, 2.75) is 51.7 Å². The molecule has 2 aliphatic rings. The number of H-pyrrole nitrogens is 1. The molecule has 1 aliphatic carbocycles. The summed E-state index contributed by atoms with van der Waals surface area (Å²) in [5, 5.41) is 10.6. The number of amides is 1. The maximum Gasteiger partial charge on any atom is 0.267 e. The second-order valence-electron chi connectivity index (χ2n) is 8.73. The Morgan fingerprint density at radius 1 is 1.30 bits per heavy atom. The number of nitrogens with zero attached hydrogens (tertiary/aromatic N) is 3. The summed E-state index contributed by atoms with van der Waals surface area (Å²) in [7, 11) is 0. The van der Waals surface area contributed by atoms with Gasteiger partial charge >= 0.3 is 0 Å². The van der Waals surface area contributed by atoms with Gasteiger partial charge in [0.15, 0.2) is 5.65 Å². The molecule has 3 heterocycles. The van der Waals surface area contributed by atoms with Crippen molar-refractivity contribution in [1.29, 1.82) is 0 Å². The van der Waals surface area contributed by atoms with Crippen LogP contribution in [-0.4, -0.2) is 42.6 Å². The lowest BCUT2D eigenvalue weighted by molar-refractivity contribution is -0.165. The number of benzene rings is 1. The number of ketones is 1. The van der Waals surface area contributed by atoms with E-state index < -0.39 is 11.1 Å². The number of nitrogens with one attached hydrogen (secondary N) is 2. The number of β-lactam (4-membered cyclic amide) rings is 1. The fourth-order valence-electron chi connectivity index (χ4n) is 4.72. The first-order chi connectivity index (χ1) is 15.7. The van der Waals surface area contributed by atoms with E-state index >= 15 is 0 Å². The first kappa shape index (κ1) is 21.5. The molecule has 1 spiro atoms. The van der Waals surface area contributed by atoms with Crippen LogP contribution in [0.2, 0.25) is 5.02 Å². The van der Waals surface area contributed by atoms with E-state index in [0.29, 0.717) is 34.8 Å². The zero-order chi connectivity index (χ0) is 23.5. The van der Waals surface area contributed by atoms with Gasteiger partial charge in [0.1, 0.15) is 16.3 Å². The number of aromatic amines is 1. The zero-order valence-electron chi connectivity index (χ0n) is 18.8. The van der Waals surface area contributed by atoms with E-state index in [0.717, 1.165) is 16.8 Å². The van der Waals surface area contributed by atoms with Crippen LogP contribution in [0.5, 0.6) is 5.75 Å². The summed E-state index contributed by atoms with van der Waals surface area (Å²) in [6.07, 6.45) is 6.35. The van der Waals surface area contributed by atoms with Gasteiger partial charge in [-0.15, -0.1) is 5.10 Å². The van der Waals surface area contributed by atoms with Crippen LogP contribution in [-0.2, 0) is 4.79 Å². The Morgan fingerprint density at radius 2 is 2.09 bits per heavy atom. The summed E-state index contributed by atoms with van der Waals surface area (Å²) >= 11 is 6.24. The van der Waals surface area contributed by atoms with Gasteiger partial charge in [0, 0.05) is 5.57 Å². The first-order valence-electron chi connectivity index (χ1n) is 10.8. The molecule has 9 heteroatoms. The summed E-state index contributed by atoms with van der Waals surface area (Å²) in [5.74, 6) is 0.134. The number of hydrogen-bond acceptors (Lipinski definition) is 5. The molecule has 2 atom stereocenters. The molecule has 0 saturated carbocycles. The number of carbonyl (C=O) groups excluding carboxylic acids is 2. The third-order valence-electron chi connectivity index (χ3n) is 6.55. The minimum atomic E-state index is -1.13. The highest BCUT2D eigenvalue weighted by Crippen LogP contribution is 2.45. The van der Waals surface area contributed by atoms with E-state index in [-0.39, 0.29) is 17.5 Å². The Morgan fingerprint density at radius 3 is 2.76 bits per heavy atom. The van der Waals surface area contributed by atoms with Crippen LogP contribution in [0.15, 0.2) is 42.0 Å². The summed E-state index contributed by atoms with van der Waals surface area (Å²) in [4.78, 5) is 30.5. The predicted molar refractivity (Wildman–Crippen MR) is 124 cm³/mol. The fourth-order valence-corrected chi connectivity index (χ4v) is 4.88. The highest BCUT2D eigenvalue weighted by atomic mass is 35.5. The van der Waals surface area contributed by atoms with Crippen LogP contribution >= 0.6 is 11.6 Å². The van der Waals surface area contributed by atoms with Crippen molar-refractivity contribution in [2.24, 2.45) is 0 Å². The Balaban J connectivity index is 1.51. The molecule has 2 unspecified atom stereocenters. The number of aromatic nitrogens is 4. The van der Waals surface area contributed by atoms with Gasteiger partial charge in [-0.2, -0.15) is 4.63 Å². The number of hydrogen-bond donors (Lipinski definition) is 2. The maximum atomic E-state index is 13.3. The number of rotatable bonds is 5. The molecule has 1 saturated heterocycles. The number of ether oxygens (including phenoxy) is 1. The summed E-state index contributed by atoms with van der Waals surface area (Å²) in [6, 6.07) is 5.87. The Bertz CT molecular complexity index is 1380. The topological polar surface area (TPSA) is 101 Å². The van der Waals surface area contributed by atoms with Crippen molar-refractivity contribution >= 4 is 28.9 Å². The molecular weight excluding hydrogens is 442 g/mol.